The predicted molar refractivity (Wildman–Crippen MR) is 166 cm³/mol. The van der Waals surface area contributed by atoms with Crippen molar-refractivity contribution in [3.05, 3.63) is 113 Å². The first-order valence-electron chi connectivity index (χ1n) is 14.2. The molecule has 8 nitrogen and oxygen atoms in total. The zero-order valence-corrected chi connectivity index (χ0v) is 24.9. The molecule has 0 bridgehead atoms. The van der Waals surface area contributed by atoms with Crippen LogP contribution in [0.2, 0.25) is 0 Å². The van der Waals surface area contributed by atoms with Gasteiger partial charge in [-0.3, -0.25) is 9.59 Å². The van der Waals surface area contributed by atoms with E-state index >= 15 is 0 Å². The fourth-order valence-corrected chi connectivity index (χ4v) is 5.48. The lowest BCUT2D eigenvalue weighted by atomic mass is 9.85. The van der Waals surface area contributed by atoms with Crippen molar-refractivity contribution in [2.24, 2.45) is 0 Å². The van der Waals surface area contributed by atoms with E-state index < -0.39 is 5.60 Å². The van der Waals surface area contributed by atoms with Crippen LogP contribution in [-0.2, 0) is 6.42 Å². The Kier molecular flexibility index (Phi) is 7.74. The van der Waals surface area contributed by atoms with Crippen LogP contribution >= 0.6 is 0 Å². The lowest BCUT2D eigenvalue weighted by Gasteiger charge is -2.34. The van der Waals surface area contributed by atoms with Crippen molar-refractivity contribution >= 4 is 29.8 Å². The Labute approximate surface area is 255 Å². The molecule has 0 N–H and O–H groups in total. The number of furan rings is 2. The van der Waals surface area contributed by atoms with E-state index in [9.17, 15) is 9.59 Å². The highest BCUT2D eigenvalue weighted by Crippen LogP contribution is 2.47. The van der Waals surface area contributed by atoms with Crippen LogP contribution in [0.5, 0.6) is 23.0 Å². The number of allylic oxidation sites excluding steroid dienone is 2. The van der Waals surface area contributed by atoms with Gasteiger partial charge in [0.15, 0.2) is 11.5 Å². The maximum absolute atomic E-state index is 12.7. The lowest BCUT2D eigenvalue weighted by Crippen LogP contribution is -2.29. The molecular weight excluding hydrogens is 560 g/mol. The summed E-state index contributed by atoms with van der Waals surface area (Å²) < 4.78 is 34.7. The van der Waals surface area contributed by atoms with Gasteiger partial charge in [0.25, 0.3) is 0 Å². The molecule has 2 aliphatic heterocycles. The van der Waals surface area contributed by atoms with Crippen molar-refractivity contribution in [1.82, 2.24) is 0 Å². The van der Waals surface area contributed by atoms with Crippen LogP contribution in [0.25, 0.3) is 18.2 Å². The second-order valence-corrected chi connectivity index (χ2v) is 11.1. The molecule has 0 aliphatic carbocycles. The maximum atomic E-state index is 12.7. The first-order chi connectivity index (χ1) is 21.3. The molecule has 0 radical (unpaired) electrons. The number of benzene rings is 2. The minimum Gasteiger partial charge on any atom is -0.496 e. The molecule has 224 valence electrons. The summed E-state index contributed by atoms with van der Waals surface area (Å²) >= 11 is 0. The van der Waals surface area contributed by atoms with Crippen LogP contribution in [0.15, 0.2) is 82.1 Å². The SMILES string of the molecule is COc1cc(OC)c([C@@H]2COc3c(cc(/C=C/C(=O)c4ccco4)c4c3C=CC(C)(C)O4)C2)cc1/C=C/C(=O)c1ccco1. The molecule has 44 heavy (non-hydrogen) atoms. The molecule has 0 unspecified atom stereocenters. The van der Waals surface area contributed by atoms with Gasteiger partial charge >= 0.3 is 0 Å². The normalized spacial score (nSPS) is 16.7. The minimum absolute atomic E-state index is 0.0687. The van der Waals surface area contributed by atoms with Gasteiger partial charge in [-0.25, -0.2) is 0 Å². The summed E-state index contributed by atoms with van der Waals surface area (Å²) in [6.45, 7) is 4.36. The Morgan fingerprint density at radius 1 is 0.864 bits per heavy atom. The molecule has 2 aromatic carbocycles. The fraction of sp³-hybridized carbons (Fsp3) is 0.222. The topological polar surface area (TPSA) is 97.3 Å². The van der Waals surface area contributed by atoms with Gasteiger partial charge < -0.3 is 27.8 Å². The lowest BCUT2D eigenvalue weighted by molar-refractivity contribution is 0.101. The van der Waals surface area contributed by atoms with E-state index in [1.807, 2.05) is 44.2 Å². The monoisotopic (exact) mass is 592 g/mol. The van der Waals surface area contributed by atoms with Crippen LogP contribution in [-0.4, -0.2) is 38.0 Å². The summed E-state index contributed by atoms with van der Waals surface area (Å²) in [7, 11) is 3.19. The molecule has 0 saturated carbocycles. The highest BCUT2D eigenvalue weighted by molar-refractivity contribution is 6.05. The number of hydrogen-bond donors (Lipinski definition) is 0. The second-order valence-electron chi connectivity index (χ2n) is 11.1. The van der Waals surface area contributed by atoms with E-state index in [0.717, 1.165) is 33.6 Å². The van der Waals surface area contributed by atoms with Crippen molar-refractivity contribution < 1.29 is 37.4 Å². The number of rotatable bonds is 9. The van der Waals surface area contributed by atoms with Crippen LogP contribution in [0.1, 0.15) is 68.7 Å². The molecule has 2 aromatic heterocycles. The Balaban J connectivity index is 1.36. The summed E-state index contributed by atoms with van der Waals surface area (Å²) in [4.78, 5) is 25.3. The molecule has 4 heterocycles. The first kappa shape index (κ1) is 28.9. The Bertz CT molecular complexity index is 1790. The molecular formula is C36H32O8. The summed E-state index contributed by atoms with van der Waals surface area (Å²) in [5.74, 6) is 2.60. The second kappa shape index (κ2) is 11.8. The van der Waals surface area contributed by atoms with Gasteiger partial charge in [0, 0.05) is 28.7 Å². The third-order valence-corrected chi connectivity index (χ3v) is 7.66. The van der Waals surface area contributed by atoms with Crippen LogP contribution in [0.4, 0.5) is 0 Å². The van der Waals surface area contributed by atoms with Gasteiger partial charge in [0.1, 0.15) is 28.6 Å². The van der Waals surface area contributed by atoms with E-state index in [4.69, 9.17) is 27.8 Å². The smallest absolute Gasteiger partial charge is 0.221 e. The molecule has 0 spiro atoms. The third kappa shape index (κ3) is 5.71. The van der Waals surface area contributed by atoms with E-state index in [1.165, 1.54) is 24.7 Å². The maximum Gasteiger partial charge on any atom is 0.221 e. The number of ketones is 2. The van der Waals surface area contributed by atoms with Crippen molar-refractivity contribution in [2.45, 2.75) is 31.8 Å². The van der Waals surface area contributed by atoms with Crippen molar-refractivity contribution in [2.75, 3.05) is 20.8 Å². The quantitative estimate of drug-likeness (QED) is 0.145. The summed E-state index contributed by atoms with van der Waals surface area (Å²) in [6, 6.07) is 12.4. The molecule has 0 amide bonds. The molecule has 6 rings (SSSR count). The molecule has 0 saturated heterocycles. The molecule has 2 aliphatic rings. The van der Waals surface area contributed by atoms with Crippen LogP contribution in [0, 0.1) is 0 Å². The summed E-state index contributed by atoms with van der Waals surface area (Å²) in [5, 5.41) is 0. The van der Waals surface area contributed by atoms with E-state index in [0.29, 0.717) is 30.3 Å². The van der Waals surface area contributed by atoms with Gasteiger partial charge in [0.05, 0.1) is 38.9 Å². The Hall–Kier alpha value is -5.24. The number of fused-ring (bicyclic) bond motifs is 3. The highest BCUT2D eigenvalue weighted by atomic mass is 16.5. The average Bonchev–Trinajstić information content (AvgIpc) is 3.77. The standard InChI is InChI=1S/C36H32O8/c1-36(2)14-13-26-34-24(17-23(35(26)44-36)10-12-29(38)31-8-6-16-42-31)18-25(21-43-34)27-19-22(32(39-3)20-33(27)40-4)9-11-28(37)30-7-5-15-41-30/h5-17,19-20,25H,18,21H2,1-4H3/b11-9+,12-10+/t25-/m0/s1. The third-order valence-electron chi connectivity index (χ3n) is 7.66. The van der Waals surface area contributed by atoms with Gasteiger partial charge in [-0.15, -0.1) is 0 Å². The van der Waals surface area contributed by atoms with Crippen molar-refractivity contribution in [3.8, 4) is 23.0 Å². The summed E-state index contributed by atoms with van der Waals surface area (Å²) in [5.41, 5.74) is 3.69. The minimum atomic E-state index is -0.523. The first-order valence-corrected chi connectivity index (χ1v) is 14.2. The van der Waals surface area contributed by atoms with E-state index in [2.05, 4.69) is 0 Å². The number of ether oxygens (including phenoxy) is 4. The molecule has 1 atom stereocenters. The van der Waals surface area contributed by atoms with Crippen molar-refractivity contribution in [3.63, 3.8) is 0 Å². The van der Waals surface area contributed by atoms with Crippen LogP contribution < -0.4 is 18.9 Å². The predicted octanol–water partition coefficient (Wildman–Crippen LogP) is 7.58. The number of carbonyl (C=O) groups excluding carboxylic acids is 2. The van der Waals surface area contributed by atoms with Gasteiger partial charge in [0.2, 0.25) is 11.6 Å². The zero-order valence-electron chi connectivity index (χ0n) is 24.9. The number of carbonyl (C=O) groups is 2. The van der Waals surface area contributed by atoms with Crippen LogP contribution in [0.3, 0.4) is 0 Å². The molecule has 8 heteroatoms. The Morgan fingerprint density at radius 3 is 2.14 bits per heavy atom. The fourth-order valence-electron chi connectivity index (χ4n) is 5.48. The summed E-state index contributed by atoms with van der Waals surface area (Å²) in [6.07, 6.45) is 14.0. The van der Waals surface area contributed by atoms with Gasteiger partial charge in [-0.2, -0.15) is 0 Å². The zero-order chi connectivity index (χ0) is 30.8. The molecule has 4 aromatic rings. The highest BCUT2D eigenvalue weighted by Gasteiger charge is 2.32. The van der Waals surface area contributed by atoms with E-state index in [1.54, 1.807) is 50.6 Å². The Morgan fingerprint density at radius 2 is 1.52 bits per heavy atom. The van der Waals surface area contributed by atoms with Crippen molar-refractivity contribution in [1.29, 1.82) is 0 Å². The molecule has 0 fully saturated rings. The number of methoxy groups -OCH3 is 2. The van der Waals surface area contributed by atoms with Gasteiger partial charge in [-0.1, -0.05) is 0 Å². The van der Waals surface area contributed by atoms with Gasteiger partial charge in [-0.05, 0) is 98.7 Å². The number of hydrogen-bond acceptors (Lipinski definition) is 8. The largest absolute Gasteiger partial charge is 0.496 e. The average molecular weight is 593 g/mol. The van der Waals surface area contributed by atoms with E-state index in [-0.39, 0.29) is 29.0 Å².